The first kappa shape index (κ1) is 18.9. The number of para-hydroxylation sites is 2. The van der Waals surface area contributed by atoms with Crippen molar-refractivity contribution in [2.24, 2.45) is 0 Å². The molecule has 0 spiro atoms. The molecule has 0 N–H and O–H groups in total. The zero-order valence-corrected chi connectivity index (χ0v) is 18.2. The van der Waals surface area contributed by atoms with E-state index in [-0.39, 0.29) is 5.25 Å². The minimum absolute atomic E-state index is 0.200. The van der Waals surface area contributed by atoms with E-state index < -0.39 is 0 Å². The van der Waals surface area contributed by atoms with Crippen molar-refractivity contribution in [3.8, 4) is 5.75 Å². The highest BCUT2D eigenvalue weighted by Gasteiger charge is 2.31. The molecule has 29 heavy (non-hydrogen) atoms. The standard InChI is InChI=1S/C21H19ClN4OS2/c1-13(20-23-16-7-3-5-9-18(16)29-20)28-21-25-24-19(26(21)14-10-11-14)12-27-17-8-4-2-6-15(17)22/h2-9,13-14H,10-12H2,1H3/t13-/m0/s1. The van der Waals surface area contributed by atoms with Crippen LogP contribution in [0.3, 0.4) is 0 Å². The Labute approximate surface area is 182 Å². The van der Waals surface area contributed by atoms with Crippen molar-refractivity contribution in [3.63, 3.8) is 0 Å². The SMILES string of the molecule is C[C@H](Sc1nnc(COc2ccccc2Cl)n1C1CC1)c1nc2ccccc2s1. The molecule has 1 saturated carbocycles. The lowest BCUT2D eigenvalue weighted by molar-refractivity contribution is 0.288. The summed E-state index contributed by atoms with van der Waals surface area (Å²) in [5, 5.41) is 11.7. The van der Waals surface area contributed by atoms with E-state index in [4.69, 9.17) is 21.3 Å². The lowest BCUT2D eigenvalue weighted by Gasteiger charge is -2.12. The molecule has 2 heterocycles. The van der Waals surface area contributed by atoms with Crippen molar-refractivity contribution >= 4 is 44.9 Å². The molecule has 0 saturated heterocycles. The van der Waals surface area contributed by atoms with Gasteiger partial charge in [-0.3, -0.25) is 4.57 Å². The molecule has 1 aliphatic carbocycles. The van der Waals surface area contributed by atoms with Crippen LogP contribution in [-0.2, 0) is 6.61 Å². The second-order valence-electron chi connectivity index (χ2n) is 7.00. The largest absolute Gasteiger partial charge is 0.484 e. The van der Waals surface area contributed by atoms with Crippen molar-refractivity contribution in [2.75, 3.05) is 0 Å². The lowest BCUT2D eigenvalue weighted by atomic mass is 10.3. The van der Waals surface area contributed by atoms with Gasteiger partial charge in [0.25, 0.3) is 0 Å². The van der Waals surface area contributed by atoms with Crippen LogP contribution < -0.4 is 4.74 Å². The molecule has 4 aromatic rings. The van der Waals surface area contributed by atoms with Crippen LogP contribution in [0.5, 0.6) is 5.75 Å². The number of thioether (sulfide) groups is 1. The molecule has 0 aliphatic heterocycles. The van der Waals surface area contributed by atoms with E-state index in [1.807, 2.05) is 30.3 Å². The van der Waals surface area contributed by atoms with Gasteiger partial charge in [0.1, 0.15) is 17.4 Å². The maximum atomic E-state index is 6.20. The average Bonchev–Trinajstić information content (AvgIpc) is 3.34. The molecule has 5 nitrogen and oxygen atoms in total. The van der Waals surface area contributed by atoms with Gasteiger partial charge in [-0.1, -0.05) is 47.6 Å². The van der Waals surface area contributed by atoms with Crippen molar-refractivity contribution in [3.05, 3.63) is 64.4 Å². The number of benzene rings is 2. The van der Waals surface area contributed by atoms with E-state index in [1.54, 1.807) is 23.1 Å². The quantitative estimate of drug-likeness (QED) is 0.314. The summed E-state index contributed by atoms with van der Waals surface area (Å²) in [5.74, 6) is 1.50. The molecule has 0 amide bonds. The predicted octanol–water partition coefficient (Wildman–Crippen LogP) is 6.31. The summed E-state index contributed by atoms with van der Waals surface area (Å²) in [6.45, 7) is 2.53. The normalized spacial score (nSPS) is 15.0. The zero-order valence-electron chi connectivity index (χ0n) is 15.8. The molecule has 0 radical (unpaired) electrons. The number of aromatic nitrogens is 4. The van der Waals surface area contributed by atoms with Crippen LogP contribution in [0.2, 0.25) is 5.02 Å². The molecule has 1 fully saturated rings. The maximum Gasteiger partial charge on any atom is 0.192 e. The third-order valence-corrected chi connectivity index (χ3v) is 7.53. The van der Waals surface area contributed by atoms with Gasteiger partial charge in [-0.15, -0.1) is 21.5 Å². The van der Waals surface area contributed by atoms with Crippen molar-refractivity contribution in [1.29, 1.82) is 0 Å². The molecule has 8 heteroatoms. The summed E-state index contributed by atoms with van der Waals surface area (Å²) in [6.07, 6.45) is 2.31. The van der Waals surface area contributed by atoms with Crippen molar-refractivity contribution < 1.29 is 4.74 Å². The van der Waals surface area contributed by atoms with E-state index in [0.717, 1.165) is 34.3 Å². The zero-order chi connectivity index (χ0) is 19.8. The summed E-state index contributed by atoms with van der Waals surface area (Å²) >= 11 is 9.65. The van der Waals surface area contributed by atoms with Gasteiger partial charge in [0.2, 0.25) is 0 Å². The molecule has 2 aromatic carbocycles. The Hall–Kier alpha value is -2.09. The predicted molar refractivity (Wildman–Crippen MR) is 118 cm³/mol. The second-order valence-corrected chi connectivity index (χ2v) is 9.78. The Morgan fingerprint density at radius 3 is 2.76 bits per heavy atom. The fourth-order valence-corrected chi connectivity index (χ4v) is 5.47. The Bertz CT molecular complexity index is 1120. The topological polar surface area (TPSA) is 52.8 Å². The number of halogens is 1. The molecule has 2 aromatic heterocycles. The van der Waals surface area contributed by atoms with Crippen LogP contribution in [0, 0.1) is 0 Å². The van der Waals surface area contributed by atoms with Gasteiger partial charge in [0.15, 0.2) is 11.0 Å². The summed E-state index contributed by atoms with van der Waals surface area (Å²) in [6, 6.07) is 16.2. The number of thiazole rings is 1. The maximum absolute atomic E-state index is 6.20. The van der Waals surface area contributed by atoms with Gasteiger partial charge in [-0.25, -0.2) is 4.98 Å². The van der Waals surface area contributed by atoms with E-state index in [2.05, 4.69) is 39.9 Å². The number of nitrogens with zero attached hydrogens (tertiary/aromatic N) is 4. The summed E-state index contributed by atoms with van der Waals surface area (Å²) in [7, 11) is 0. The van der Waals surface area contributed by atoms with Crippen molar-refractivity contribution in [2.45, 2.75) is 42.8 Å². The Morgan fingerprint density at radius 1 is 1.17 bits per heavy atom. The van der Waals surface area contributed by atoms with E-state index in [1.165, 1.54) is 4.70 Å². The molecule has 1 aliphatic rings. The Morgan fingerprint density at radius 2 is 1.97 bits per heavy atom. The molecule has 1 atom stereocenters. The van der Waals surface area contributed by atoms with E-state index in [0.29, 0.717) is 23.4 Å². The van der Waals surface area contributed by atoms with Crippen LogP contribution in [0.4, 0.5) is 0 Å². The molecular weight excluding hydrogens is 424 g/mol. The minimum atomic E-state index is 0.200. The molecule has 148 valence electrons. The summed E-state index contributed by atoms with van der Waals surface area (Å²) in [5.41, 5.74) is 1.05. The monoisotopic (exact) mass is 442 g/mol. The first-order valence-corrected chi connectivity index (χ1v) is 11.6. The third-order valence-electron chi connectivity index (χ3n) is 4.78. The Kier molecular flexibility index (Phi) is 5.20. The number of fused-ring (bicyclic) bond motifs is 1. The Balaban J connectivity index is 1.35. The van der Waals surface area contributed by atoms with Gasteiger partial charge >= 0.3 is 0 Å². The van der Waals surface area contributed by atoms with Crippen LogP contribution in [0.15, 0.2) is 53.7 Å². The second kappa shape index (κ2) is 7.97. The highest BCUT2D eigenvalue weighted by molar-refractivity contribution is 7.99. The highest BCUT2D eigenvalue weighted by Crippen LogP contribution is 2.43. The third kappa shape index (κ3) is 3.99. The minimum Gasteiger partial charge on any atom is -0.484 e. The van der Waals surface area contributed by atoms with E-state index >= 15 is 0 Å². The molecule has 0 unspecified atom stereocenters. The fraction of sp³-hybridized carbons (Fsp3) is 0.286. The van der Waals surface area contributed by atoms with Gasteiger partial charge in [-0.05, 0) is 44.0 Å². The average molecular weight is 443 g/mol. The van der Waals surface area contributed by atoms with Gasteiger partial charge in [0, 0.05) is 6.04 Å². The van der Waals surface area contributed by atoms with Gasteiger partial charge in [-0.2, -0.15) is 0 Å². The molecule has 5 rings (SSSR count). The van der Waals surface area contributed by atoms with Gasteiger partial charge < -0.3 is 4.74 Å². The van der Waals surface area contributed by atoms with Crippen LogP contribution in [0.25, 0.3) is 10.2 Å². The van der Waals surface area contributed by atoms with Crippen LogP contribution in [0.1, 0.15) is 41.9 Å². The van der Waals surface area contributed by atoms with Crippen molar-refractivity contribution in [1.82, 2.24) is 19.7 Å². The number of hydrogen-bond donors (Lipinski definition) is 0. The highest BCUT2D eigenvalue weighted by atomic mass is 35.5. The first-order valence-electron chi connectivity index (χ1n) is 9.52. The van der Waals surface area contributed by atoms with Crippen LogP contribution in [-0.4, -0.2) is 19.7 Å². The summed E-state index contributed by atoms with van der Waals surface area (Å²) in [4.78, 5) is 4.79. The summed E-state index contributed by atoms with van der Waals surface area (Å²) < 4.78 is 9.35. The lowest BCUT2D eigenvalue weighted by Crippen LogP contribution is -2.07. The van der Waals surface area contributed by atoms with Crippen LogP contribution >= 0.6 is 34.7 Å². The number of rotatable bonds is 7. The first-order chi connectivity index (χ1) is 14.2. The van der Waals surface area contributed by atoms with E-state index in [9.17, 15) is 0 Å². The number of hydrogen-bond acceptors (Lipinski definition) is 6. The number of ether oxygens (including phenoxy) is 1. The smallest absolute Gasteiger partial charge is 0.192 e. The molecular formula is C21H19ClN4OS2. The van der Waals surface area contributed by atoms with Gasteiger partial charge in [0.05, 0.1) is 20.5 Å². The molecule has 0 bridgehead atoms. The fourth-order valence-electron chi connectivity index (χ4n) is 3.16.